The van der Waals surface area contributed by atoms with Gasteiger partial charge in [0.2, 0.25) is 5.91 Å². The highest BCUT2D eigenvalue weighted by atomic mass is 32.1. The molecule has 20 heavy (non-hydrogen) atoms. The molecule has 0 bridgehead atoms. The highest BCUT2D eigenvalue weighted by molar-refractivity contribution is 7.14. The van der Waals surface area contributed by atoms with Gasteiger partial charge in [0.05, 0.1) is 5.69 Å². The molecule has 3 rings (SSSR count). The second-order valence-electron chi connectivity index (χ2n) is 5.03. The first-order valence-corrected chi connectivity index (χ1v) is 7.51. The van der Waals surface area contributed by atoms with E-state index >= 15 is 0 Å². The smallest absolute Gasteiger partial charge is 0.229 e. The fourth-order valence-corrected chi connectivity index (χ4v) is 3.30. The van der Waals surface area contributed by atoms with E-state index in [2.05, 4.69) is 30.6 Å². The maximum absolute atomic E-state index is 12.0. The molecule has 0 aliphatic carbocycles. The maximum Gasteiger partial charge on any atom is 0.229 e. The Kier molecular flexibility index (Phi) is 3.40. The van der Waals surface area contributed by atoms with E-state index in [9.17, 15) is 4.79 Å². The molecular weight excluding hydrogens is 268 g/mol. The Balaban J connectivity index is 1.90. The number of aromatic nitrogens is 1. The van der Waals surface area contributed by atoms with Crippen molar-refractivity contribution in [3.8, 4) is 11.3 Å². The first-order valence-electron chi connectivity index (χ1n) is 6.63. The molecule has 1 unspecified atom stereocenters. The Hall–Kier alpha value is -1.94. The number of nitrogens with zero attached hydrogens (tertiary/aromatic N) is 2. The summed E-state index contributed by atoms with van der Waals surface area (Å²) in [5.74, 6) is 0.383. The lowest BCUT2D eigenvalue weighted by Gasteiger charge is -2.11. The van der Waals surface area contributed by atoms with Crippen molar-refractivity contribution in [1.82, 2.24) is 4.98 Å². The standard InChI is InChI=1S/C16H16N2OS/c1-3-12-8-15(19)18(9-12)16-17-14(10-20-16)13-7-5-4-6-11(13)2/h3-7,10,12H,1,8-9H2,2H3. The summed E-state index contributed by atoms with van der Waals surface area (Å²) in [5.41, 5.74) is 3.26. The molecule has 1 aromatic carbocycles. The molecule has 1 amide bonds. The third-order valence-electron chi connectivity index (χ3n) is 3.63. The zero-order chi connectivity index (χ0) is 14.1. The average molecular weight is 284 g/mol. The highest BCUT2D eigenvalue weighted by Gasteiger charge is 2.30. The molecule has 0 spiro atoms. The fourth-order valence-electron chi connectivity index (χ4n) is 2.45. The minimum absolute atomic E-state index is 0.139. The van der Waals surface area contributed by atoms with Crippen molar-refractivity contribution in [2.45, 2.75) is 13.3 Å². The van der Waals surface area contributed by atoms with Crippen LogP contribution in [-0.4, -0.2) is 17.4 Å². The molecule has 2 heterocycles. The summed E-state index contributed by atoms with van der Waals surface area (Å²) >= 11 is 1.53. The van der Waals surface area contributed by atoms with Gasteiger partial charge in [-0.2, -0.15) is 0 Å². The predicted octanol–water partition coefficient (Wildman–Crippen LogP) is 3.66. The number of carbonyl (C=O) groups excluding carboxylic acids is 1. The van der Waals surface area contributed by atoms with E-state index in [0.717, 1.165) is 16.4 Å². The largest absolute Gasteiger partial charge is 0.287 e. The van der Waals surface area contributed by atoms with Crippen molar-refractivity contribution in [3.63, 3.8) is 0 Å². The molecule has 1 aliphatic heterocycles. The number of aryl methyl sites for hydroxylation is 1. The number of hydrogen-bond donors (Lipinski definition) is 0. The predicted molar refractivity (Wildman–Crippen MR) is 82.9 cm³/mol. The molecular formula is C16H16N2OS. The van der Waals surface area contributed by atoms with Crippen molar-refractivity contribution in [3.05, 3.63) is 47.9 Å². The number of carbonyl (C=O) groups is 1. The number of benzene rings is 1. The van der Waals surface area contributed by atoms with Gasteiger partial charge >= 0.3 is 0 Å². The molecule has 1 aliphatic rings. The average Bonchev–Trinajstić information content (AvgIpc) is 3.05. The van der Waals surface area contributed by atoms with Crippen LogP contribution in [0.1, 0.15) is 12.0 Å². The lowest BCUT2D eigenvalue weighted by molar-refractivity contribution is -0.117. The zero-order valence-corrected chi connectivity index (χ0v) is 12.2. The summed E-state index contributed by atoms with van der Waals surface area (Å²) in [6.07, 6.45) is 2.40. The second-order valence-corrected chi connectivity index (χ2v) is 5.87. The van der Waals surface area contributed by atoms with Crippen LogP contribution in [0.25, 0.3) is 11.3 Å². The lowest BCUT2D eigenvalue weighted by Crippen LogP contribution is -2.24. The fraction of sp³-hybridized carbons (Fsp3) is 0.250. The Morgan fingerprint density at radius 2 is 2.25 bits per heavy atom. The van der Waals surface area contributed by atoms with Crippen molar-refractivity contribution in [2.24, 2.45) is 5.92 Å². The van der Waals surface area contributed by atoms with Crippen LogP contribution in [0.5, 0.6) is 0 Å². The third-order valence-corrected chi connectivity index (χ3v) is 4.50. The van der Waals surface area contributed by atoms with Crippen LogP contribution < -0.4 is 4.90 Å². The maximum atomic E-state index is 12.0. The van der Waals surface area contributed by atoms with Crippen LogP contribution in [-0.2, 0) is 4.79 Å². The van der Waals surface area contributed by atoms with Crippen LogP contribution in [0, 0.1) is 12.8 Å². The summed E-state index contributed by atoms with van der Waals surface area (Å²) in [4.78, 5) is 18.4. The van der Waals surface area contributed by atoms with E-state index in [0.29, 0.717) is 13.0 Å². The van der Waals surface area contributed by atoms with Crippen LogP contribution in [0.2, 0.25) is 0 Å². The van der Waals surface area contributed by atoms with Gasteiger partial charge in [-0.1, -0.05) is 30.3 Å². The Labute approximate surface area is 122 Å². The molecule has 1 saturated heterocycles. The summed E-state index contributed by atoms with van der Waals surface area (Å²) in [7, 11) is 0. The molecule has 1 fully saturated rings. The lowest BCUT2D eigenvalue weighted by atomic mass is 10.1. The van der Waals surface area contributed by atoms with Crippen molar-refractivity contribution in [1.29, 1.82) is 0 Å². The van der Waals surface area contributed by atoms with Crippen LogP contribution in [0.15, 0.2) is 42.3 Å². The molecule has 1 aromatic heterocycles. The minimum Gasteiger partial charge on any atom is -0.287 e. The molecule has 1 atom stereocenters. The molecule has 0 radical (unpaired) electrons. The summed E-state index contributed by atoms with van der Waals surface area (Å²) in [6, 6.07) is 8.16. The number of hydrogen-bond acceptors (Lipinski definition) is 3. The van der Waals surface area contributed by atoms with Gasteiger partial charge in [0.1, 0.15) is 0 Å². The van der Waals surface area contributed by atoms with Crippen LogP contribution >= 0.6 is 11.3 Å². The van der Waals surface area contributed by atoms with Gasteiger partial charge in [-0.25, -0.2) is 4.98 Å². The first kappa shape index (κ1) is 13.1. The van der Waals surface area contributed by atoms with Gasteiger partial charge in [0.15, 0.2) is 5.13 Å². The van der Waals surface area contributed by atoms with Gasteiger partial charge in [-0.3, -0.25) is 9.69 Å². The van der Waals surface area contributed by atoms with Crippen molar-refractivity contribution < 1.29 is 4.79 Å². The zero-order valence-electron chi connectivity index (χ0n) is 11.4. The van der Waals surface area contributed by atoms with Crippen molar-refractivity contribution >= 4 is 22.4 Å². The second kappa shape index (κ2) is 5.21. The number of anilines is 1. The number of rotatable bonds is 3. The van der Waals surface area contributed by atoms with E-state index < -0.39 is 0 Å². The molecule has 0 saturated carbocycles. The first-order chi connectivity index (χ1) is 9.69. The van der Waals surface area contributed by atoms with Gasteiger partial charge in [-0.15, -0.1) is 17.9 Å². The normalized spacial score (nSPS) is 18.6. The van der Waals surface area contributed by atoms with Gasteiger partial charge in [-0.05, 0) is 12.5 Å². The van der Waals surface area contributed by atoms with E-state index in [1.165, 1.54) is 16.9 Å². The van der Waals surface area contributed by atoms with E-state index in [-0.39, 0.29) is 11.8 Å². The van der Waals surface area contributed by atoms with Crippen LogP contribution in [0.3, 0.4) is 0 Å². The highest BCUT2D eigenvalue weighted by Crippen LogP contribution is 2.32. The minimum atomic E-state index is 0.139. The SMILES string of the molecule is C=CC1CC(=O)N(c2nc(-c3ccccc3C)cs2)C1. The monoisotopic (exact) mass is 284 g/mol. The summed E-state index contributed by atoms with van der Waals surface area (Å²) in [5, 5.41) is 2.81. The Morgan fingerprint density at radius 3 is 2.95 bits per heavy atom. The molecule has 102 valence electrons. The van der Waals surface area contributed by atoms with E-state index in [4.69, 9.17) is 0 Å². The number of amides is 1. The van der Waals surface area contributed by atoms with E-state index in [1.807, 2.05) is 23.6 Å². The summed E-state index contributed by atoms with van der Waals surface area (Å²) < 4.78 is 0. The Morgan fingerprint density at radius 1 is 1.45 bits per heavy atom. The summed E-state index contributed by atoms with van der Waals surface area (Å²) in [6.45, 7) is 6.54. The topological polar surface area (TPSA) is 33.2 Å². The van der Waals surface area contributed by atoms with Gasteiger partial charge in [0.25, 0.3) is 0 Å². The van der Waals surface area contributed by atoms with Crippen molar-refractivity contribution in [2.75, 3.05) is 11.4 Å². The Bertz CT molecular complexity index is 662. The van der Waals surface area contributed by atoms with Gasteiger partial charge < -0.3 is 0 Å². The molecule has 4 heteroatoms. The van der Waals surface area contributed by atoms with Crippen LogP contribution in [0.4, 0.5) is 5.13 Å². The van der Waals surface area contributed by atoms with Gasteiger partial charge in [0, 0.05) is 29.8 Å². The molecule has 3 nitrogen and oxygen atoms in total. The molecule has 0 N–H and O–H groups in total. The number of thiazole rings is 1. The molecule has 2 aromatic rings. The quantitative estimate of drug-likeness (QED) is 0.806. The van der Waals surface area contributed by atoms with E-state index in [1.54, 1.807) is 4.90 Å². The third kappa shape index (κ3) is 2.27.